The molecule has 0 N–H and O–H groups in total. The number of hydrogen-bond donors (Lipinski definition) is 0. The summed E-state index contributed by atoms with van der Waals surface area (Å²) >= 11 is 7.64. The zero-order valence-corrected chi connectivity index (χ0v) is 9.17. The lowest BCUT2D eigenvalue weighted by Gasteiger charge is -2.10. The van der Waals surface area contributed by atoms with E-state index in [2.05, 4.69) is 26.2 Å². The zero-order valence-electron chi connectivity index (χ0n) is 7.60. The molecule has 0 fully saturated rings. The first kappa shape index (κ1) is 9.94. The molecular weight excluding hydrogens is 188 g/mol. The summed E-state index contributed by atoms with van der Waals surface area (Å²) in [5, 5.41) is 0.823. The Bertz CT molecular complexity index is 269. The highest BCUT2D eigenvalue weighted by molar-refractivity contribution is 7.98. The molecule has 12 heavy (non-hydrogen) atoms. The SMILES string of the molecule is CSc1cc(Cl)ccc1C(C)C. The number of rotatable bonds is 2. The quantitative estimate of drug-likeness (QED) is 0.646. The van der Waals surface area contributed by atoms with Gasteiger partial charge in [0.15, 0.2) is 0 Å². The molecule has 1 rings (SSSR count). The van der Waals surface area contributed by atoms with Gasteiger partial charge in [0.25, 0.3) is 0 Å². The van der Waals surface area contributed by atoms with Crippen LogP contribution in [-0.4, -0.2) is 6.26 Å². The molecule has 1 aromatic rings. The molecule has 0 atom stereocenters. The number of hydrogen-bond acceptors (Lipinski definition) is 1. The third-order valence-corrected chi connectivity index (χ3v) is 2.85. The number of halogens is 1. The van der Waals surface area contributed by atoms with Crippen LogP contribution in [0.25, 0.3) is 0 Å². The summed E-state index contributed by atoms with van der Waals surface area (Å²) in [6, 6.07) is 6.09. The zero-order chi connectivity index (χ0) is 9.14. The summed E-state index contributed by atoms with van der Waals surface area (Å²) in [4.78, 5) is 1.29. The van der Waals surface area contributed by atoms with Crippen molar-refractivity contribution in [1.82, 2.24) is 0 Å². The van der Waals surface area contributed by atoms with Gasteiger partial charge in [0.2, 0.25) is 0 Å². The van der Waals surface area contributed by atoms with E-state index in [1.165, 1.54) is 10.5 Å². The van der Waals surface area contributed by atoms with Crippen molar-refractivity contribution in [2.75, 3.05) is 6.26 Å². The van der Waals surface area contributed by atoms with E-state index in [0.29, 0.717) is 5.92 Å². The van der Waals surface area contributed by atoms with Gasteiger partial charge >= 0.3 is 0 Å². The van der Waals surface area contributed by atoms with Crippen LogP contribution in [0.2, 0.25) is 5.02 Å². The fourth-order valence-electron chi connectivity index (χ4n) is 1.16. The summed E-state index contributed by atoms with van der Waals surface area (Å²) in [5.41, 5.74) is 1.38. The first-order chi connectivity index (χ1) is 5.65. The van der Waals surface area contributed by atoms with Crippen molar-refractivity contribution in [3.05, 3.63) is 28.8 Å². The molecule has 0 aliphatic carbocycles. The van der Waals surface area contributed by atoms with Gasteiger partial charge in [-0.15, -0.1) is 11.8 Å². The molecule has 0 saturated heterocycles. The van der Waals surface area contributed by atoms with E-state index in [4.69, 9.17) is 11.6 Å². The Labute approximate surface area is 83.3 Å². The molecule has 66 valence electrons. The van der Waals surface area contributed by atoms with Gasteiger partial charge < -0.3 is 0 Å². The summed E-state index contributed by atoms with van der Waals surface area (Å²) in [7, 11) is 0. The van der Waals surface area contributed by atoms with Crippen molar-refractivity contribution in [2.45, 2.75) is 24.7 Å². The van der Waals surface area contributed by atoms with E-state index in [1.807, 2.05) is 12.1 Å². The van der Waals surface area contributed by atoms with Crippen LogP contribution >= 0.6 is 23.4 Å². The van der Waals surface area contributed by atoms with Gasteiger partial charge in [-0.3, -0.25) is 0 Å². The minimum atomic E-state index is 0.574. The largest absolute Gasteiger partial charge is 0.129 e. The molecule has 2 heteroatoms. The van der Waals surface area contributed by atoms with E-state index >= 15 is 0 Å². The van der Waals surface area contributed by atoms with Gasteiger partial charge in [-0.1, -0.05) is 31.5 Å². The Morgan fingerprint density at radius 3 is 2.50 bits per heavy atom. The van der Waals surface area contributed by atoms with Crippen LogP contribution in [0.3, 0.4) is 0 Å². The van der Waals surface area contributed by atoms with Gasteiger partial charge in [-0.2, -0.15) is 0 Å². The van der Waals surface area contributed by atoms with Crippen molar-refractivity contribution in [3.8, 4) is 0 Å². The van der Waals surface area contributed by atoms with Crippen molar-refractivity contribution in [3.63, 3.8) is 0 Å². The molecule has 0 nitrogen and oxygen atoms in total. The van der Waals surface area contributed by atoms with Gasteiger partial charge in [0, 0.05) is 9.92 Å². The monoisotopic (exact) mass is 200 g/mol. The highest BCUT2D eigenvalue weighted by Crippen LogP contribution is 2.29. The van der Waals surface area contributed by atoms with Crippen LogP contribution in [0, 0.1) is 0 Å². The normalized spacial score (nSPS) is 10.8. The van der Waals surface area contributed by atoms with E-state index in [9.17, 15) is 0 Å². The lowest BCUT2D eigenvalue weighted by atomic mass is 10.0. The van der Waals surface area contributed by atoms with Gasteiger partial charge in [-0.05, 0) is 29.9 Å². The lowest BCUT2D eigenvalue weighted by Crippen LogP contribution is -1.89. The maximum Gasteiger partial charge on any atom is 0.0417 e. The van der Waals surface area contributed by atoms with Gasteiger partial charge in [-0.25, -0.2) is 0 Å². The maximum absolute atomic E-state index is 5.89. The third kappa shape index (κ3) is 2.18. The molecular formula is C10H13ClS. The number of benzene rings is 1. The van der Waals surface area contributed by atoms with Crippen LogP contribution in [0.4, 0.5) is 0 Å². The van der Waals surface area contributed by atoms with Crippen LogP contribution < -0.4 is 0 Å². The minimum absolute atomic E-state index is 0.574. The van der Waals surface area contributed by atoms with Gasteiger partial charge in [0.1, 0.15) is 0 Å². The molecule has 0 aliphatic rings. The second-order valence-corrected chi connectivity index (χ2v) is 4.33. The minimum Gasteiger partial charge on any atom is -0.129 e. The first-order valence-corrected chi connectivity index (χ1v) is 5.59. The average molecular weight is 201 g/mol. The molecule has 0 aliphatic heterocycles. The fourth-order valence-corrected chi connectivity index (χ4v) is 2.18. The second kappa shape index (κ2) is 4.20. The van der Waals surface area contributed by atoms with Crippen LogP contribution in [0.1, 0.15) is 25.3 Å². The Kier molecular flexibility index (Phi) is 3.48. The molecule has 0 heterocycles. The van der Waals surface area contributed by atoms with Crippen molar-refractivity contribution >= 4 is 23.4 Å². The van der Waals surface area contributed by atoms with Gasteiger partial charge in [0.05, 0.1) is 0 Å². The Hall–Kier alpha value is -0.140. The summed E-state index contributed by atoms with van der Waals surface area (Å²) < 4.78 is 0. The molecule has 0 radical (unpaired) electrons. The molecule has 0 aromatic heterocycles. The fraction of sp³-hybridized carbons (Fsp3) is 0.400. The summed E-state index contributed by atoms with van der Waals surface area (Å²) in [6.07, 6.45) is 2.08. The van der Waals surface area contributed by atoms with Crippen molar-refractivity contribution in [2.24, 2.45) is 0 Å². The molecule has 1 aromatic carbocycles. The van der Waals surface area contributed by atoms with Crippen LogP contribution in [0.15, 0.2) is 23.1 Å². The predicted octanol–water partition coefficient (Wildman–Crippen LogP) is 4.19. The molecule has 0 bridgehead atoms. The third-order valence-electron chi connectivity index (χ3n) is 1.82. The lowest BCUT2D eigenvalue weighted by molar-refractivity contribution is 0.842. The van der Waals surface area contributed by atoms with E-state index in [0.717, 1.165) is 5.02 Å². The van der Waals surface area contributed by atoms with Crippen LogP contribution in [0.5, 0.6) is 0 Å². The van der Waals surface area contributed by atoms with E-state index < -0.39 is 0 Å². The number of thioether (sulfide) groups is 1. The predicted molar refractivity (Wildman–Crippen MR) is 57.3 cm³/mol. The standard InChI is InChI=1S/C10H13ClS/c1-7(2)9-5-4-8(11)6-10(9)12-3/h4-7H,1-3H3. The van der Waals surface area contributed by atoms with Crippen LogP contribution in [-0.2, 0) is 0 Å². The first-order valence-electron chi connectivity index (χ1n) is 3.98. The average Bonchev–Trinajstić information content (AvgIpc) is 2.03. The molecule has 0 amide bonds. The highest BCUT2D eigenvalue weighted by atomic mass is 35.5. The molecule has 0 saturated carbocycles. The smallest absolute Gasteiger partial charge is 0.0417 e. The Morgan fingerprint density at radius 1 is 1.33 bits per heavy atom. The molecule has 0 spiro atoms. The topological polar surface area (TPSA) is 0 Å². The summed E-state index contributed by atoms with van der Waals surface area (Å²) in [6.45, 7) is 4.39. The van der Waals surface area contributed by atoms with Crippen molar-refractivity contribution in [1.29, 1.82) is 0 Å². The maximum atomic E-state index is 5.89. The van der Waals surface area contributed by atoms with Crippen molar-refractivity contribution < 1.29 is 0 Å². The summed E-state index contributed by atoms with van der Waals surface area (Å²) in [5.74, 6) is 0.574. The Balaban J connectivity index is 3.11. The molecule has 0 unspecified atom stereocenters. The second-order valence-electron chi connectivity index (χ2n) is 3.04. The van der Waals surface area contributed by atoms with E-state index in [1.54, 1.807) is 11.8 Å². The Morgan fingerprint density at radius 2 is 2.00 bits per heavy atom. The van der Waals surface area contributed by atoms with E-state index in [-0.39, 0.29) is 0 Å². The highest BCUT2D eigenvalue weighted by Gasteiger charge is 2.05.